The second kappa shape index (κ2) is 4.17. The van der Waals surface area contributed by atoms with Crippen molar-refractivity contribution in [3.63, 3.8) is 0 Å². The van der Waals surface area contributed by atoms with Gasteiger partial charge in [-0.25, -0.2) is 4.99 Å². The van der Waals surface area contributed by atoms with E-state index in [0.717, 1.165) is 19.1 Å². The van der Waals surface area contributed by atoms with Crippen LogP contribution in [0.3, 0.4) is 0 Å². The highest BCUT2D eigenvalue weighted by Crippen LogP contribution is 2.26. The van der Waals surface area contributed by atoms with Gasteiger partial charge in [0.1, 0.15) is 0 Å². The normalized spacial score (nSPS) is 25.7. The first kappa shape index (κ1) is 9.77. The molecule has 2 fully saturated rings. The largest absolute Gasteiger partial charge is 0.370 e. The first-order valence-corrected chi connectivity index (χ1v) is 5.58. The van der Waals surface area contributed by atoms with E-state index in [2.05, 4.69) is 9.89 Å². The van der Waals surface area contributed by atoms with E-state index < -0.39 is 0 Å². The van der Waals surface area contributed by atoms with Gasteiger partial charge < -0.3 is 11.5 Å². The molecule has 0 spiro atoms. The molecule has 4 N–H and O–H groups in total. The summed E-state index contributed by atoms with van der Waals surface area (Å²) < 4.78 is 0. The predicted octanol–water partition coefficient (Wildman–Crippen LogP) is 0.277. The van der Waals surface area contributed by atoms with Gasteiger partial charge in [0, 0.05) is 19.1 Å². The Morgan fingerprint density at radius 2 is 1.71 bits per heavy atom. The first-order valence-electron chi connectivity index (χ1n) is 5.58. The highest BCUT2D eigenvalue weighted by Gasteiger charge is 2.32. The Hall–Kier alpha value is -0.770. The van der Waals surface area contributed by atoms with E-state index in [9.17, 15) is 0 Å². The van der Waals surface area contributed by atoms with E-state index in [-0.39, 0.29) is 5.96 Å². The third-order valence-electron chi connectivity index (χ3n) is 3.31. The Balaban J connectivity index is 1.73. The summed E-state index contributed by atoms with van der Waals surface area (Å²) in [5.74, 6) is 0.235. The fourth-order valence-electron chi connectivity index (χ4n) is 2.52. The van der Waals surface area contributed by atoms with Crippen LogP contribution in [-0.4, -0.2) is 36.0 Å². The first-order chi connectivity index (χ1) is 6.75. The van der Waals surface area contributed by atoms with Crippen LogP contribution in [0.5, 0.6) is 0 Å². The molecule has 1 aliphatic heterocycles. The van der Waals surface area contributed by atoms with Gasteiger partial charge in [-0.05, 0) is 12.8 Å². The number of likely N-dealkylation sites (tertiary alicyclic amines) is 1. The number of hydrogen-bond acceptors (Lipinski definition) is 2. The smallest absolute Gasteiger partial charge is 0.186 e. The maximum atomic E-state index is 5.34. The molecule has 4 heteroatoms. The summed E-state index contributed by atoms with van der Waals surface area (Å²) in [7, 11) is 0. The molecular formula is C10H20N4. The third-order valence-corrected chi connectivity index (χ3v) is 3.31. The molecule has 1 heterocycles. The van der Waals surface area contributed by atoms with E-state index >= 15 is 0 Å². The number of nitrogens with two attached hydrogens (primary N) is 2. The van der Waals surface area contributed by atoms with E-state index in [1.165, 1.54) is 32.1 Å². The van der Waals surface area contributed by atoms with Crippen LogP contribution in [-0.2, 0) is 0 Å². The van der Waals surface area contributed by atoms with Crippen LogP contribution in [0.25, 0.3) is 0 Å². The number of hydrogen-bond donors (Lipinski definition) is 2. The standard InChI is InChI=1S/C10H20N4/c11-10(12)13-8-6-14(7-8)9-4-2-1-3-5-9/h8-9H,1-7H2,(H4,11,12,13). The van der Waals surface area contributed by atoms with Crippen molar-refractivity contribution in [2.24, 2.45) is 16.5 Å². The van der Waals surface area contributed by atoms with Crippen molar-refractivity contribution in [2.75, 3.05) is 13.1 Å². The van der Waals surface area contributed by atoms with Crippen LogP contribution in [0.15, 0.2) is 4.99 Å². The van der Waals surface area contributed by atoms with E-state index in [0.29, 0.717) is 6.04 Å². The quantitative estimate of drug-likeness (QED) is 0.492. The molecule has 80 valence electrons. The zero-order valence-corrected chi connectivity index (χ0v) is 8.65. The Morgan fingerprint density at radius 1 is 1.07 bits per heavy atom. The number of aliphatic imine (C=N–C) groups is 1. The lowest BCUT2D eigenvalue weighted by Crippen LogP contribution is -2.55. The zero-order valence-electron chi connectivity index (χ0n) is 8.65. The highest BCUT2D eigenvalue weighted by atomic mass is 15.3. The molecule has 0 aromatic carbocycles. The van der Waals surface area contributed by atoms with Gasteiger partial charge in [-0.15, -0.1) is 0 Å². The SMILES string of the molecule is NC(N)=NC1CN(C2CCCCC2)C1. The van der Waals surface area contributed by atoms with Crippen LogP contribution in [0.2, 0.25) is 0 Å². The van der Waals surface area contributed by atoms with Gasteiger partial charge in [-0.3, -0.25) is 4.90 Å². The summed E-state index contributed by atoms with van der Waals surface area (Å²) in [5.41, 5.74) is 10.7. The summed E-state index contributed by atoms with van der Waals surface area (Å²) in [5, 5.41) is 0. The molecule has 0 atom stereocenters. The predicted molar refractivity (Wildman–Crippen MR) is 58.0 cm³/mol. The molecule has 0 aromatic heterocycles. The Kier molecular flexibility index (Phi) is 2.91. The maximum absolute atomic E-state index is 5.34. The van der Waals surface area contributed by atoms with Gasteiger partial charge in [0.2, 0.25) is 0 Å². The molecule has 0 radical (unpaired) electrons. The van der Waals surface area contributed by atoms with Gasteiger partial charge in [0.05, 0.1) is 6.04 Å². The monoisotopic (exact) mass is 196 g/mol. The number of guanidine groups is 1. The third kappa shape index (κ3) is 2.18. The maximum Gasteiger partial charge on any atom is 0.186 e. The number of rotatable bonds is 2. The van der Waals surface area contributed by atoms with Crippen molar-refractivity contribution in [1.82, 2.24) is 4.90 Å². The Morgan fingerprint density at radius 3 is 2.29 bits per heavy atom. The molecule has 1 saturated heterocycles. The van der Waals surface area contributed by atoms with Crippen LogP contribution in [0.1, 0.15) is 32.1 Å². The van der Waals surface area contributed by atoms with Crippen molar-refractivity contribution in [3.8, 4) is 0 Å². The summed E-state index contributed by atoms with van der Waals surface area (Å²) in [6, 6.07) is 1.18. The van der Waals surface area contributed by atoms with Crippen molar-refractivity contribution >= 4 is 5.96 Å². The highest BCUT2D eigenvalue weighted by molar-refractivity contribution is 5.76. The molecule has 0 aromatic rings. The van der Waals surface area contributed by atoms with Gasteiger partial charge in [0.25, 0.3) is 0 Å². The molecule has 4 nitrogen and oxygen atoms in total. The fraction of sp³-hybridized carbons (Fsp3) is 0.900. The topological polar surface area (TPSA) is 67.6 Å². The van der Waals surface area contributed by atoms with Crippen LogP contribution < -0.4 is 11.5 Å². The minimum atomic E-state index is 0.235. The van der Waals surface area contributed by atoms with Crippen LogP contribution in [0.4, 0.5) is 0 Å². The van der Waals surface area contributed by atoms with E-state index in [4.69, 9.17) is 11.5 Å². The molecule has 0 unspecified atom stereocenters. The lowest BCUT2D eigenvalue weighted by Gasteiger charge is -2.44. The van der Waals surface area contributed by atoms with Crippen molar-refractivity contribution < 1.29 is 0 Å². The molecular weight excluding hydrogens is 176 g/mol. The zero-order chi connectivity index (χ0) is 9.97. The minimum Gasteiger partial charge on any atom is -0.370 e. The molecule has 2 rings (SSSR count). The second-order valence-corrected chi connectivity index (χ2v) is 4.45. The van der Waals surface area contributed by atoms with Crippen molar-refractivity contribution in [3.05, 3.63) is 0 Å². The minimum absolute atomic E-state index is 0.235. The van der Waals surface area contributed by atoms with Crippen molar-refractivity contribution in [1.29, 1.82) is 0 Å². The van der Waals surface area contributed by atoms with Crippen LogP contribution >= 0.6 is 0 Å². The van der Waals surface area contributed by atoms with Crippen molar-refractivity contribution in [2.45, 2.75) is 44.2 Å². The average molecular weight is 196 g/mol. The van der Waals surface area contributed by atoms with E-state index in [1.54, 1.807) is 0 Å². The summed E-state index contributed by atoms with van der Waals surface area (Å²) >= 11 is 0. The molecule has 0 bridgehead atoms. The van der Waals surface area contributed by atoms with Gasteiger partial charge >= 0.3 is 0 Å². The Labute approximate surface area is 85.3 Å². The Bertz CT molecular complexity index is 210. The van der Waals surface area contributed by atoms with E-state index in [1.807, 2.05) is 0 Å². The molecule has 14 heavy (non-hydrogen) atoms. The van der Waals surface area contributed by atoms with Gasteiger partial charge in [-0.2, -0.15) is 0 Å². The summed E-state index contributed by atoms with van der Waals surface area (Å²) in [6.07, 6.45) is 6.95. The summed E-state index contributed by atoms with van der Waals surface area (Å²) in [4.78, 5) is 6.68. The van der Waals surface area contributed by atoms with Crippen LogP contribution in [0, 0.1) is 0 Å². The average Bonchev–Trinajstić information content (AvgIpc) is 2.12. The van der Waals surface area contributed by atoms with Gasteiger partial charge in [-0.1, -0.05) is 19.3 Å². The molecule has 1 saturated carbocycles. The lowest BCUT2D eigenvalue weighted by atomic mass is 9.91. The molecule has 0 amide bonds. The molecule has 1 aliphatic carbocycles. The fourth-order valence-corrected chi connectivity index (χ4v) is 2.52. The summed E-state index contributed by atoms with van der Waals surface area (Å²) in [6.45, 7) is 2.12. The molecule has 2 aliphatic rings. The second-order valence-electron chi connectivity index (χ2n) is 4.45. The lowest BCUT2D eigenvalue weighted by molar-refractivity contribution is 0.0724. The van der Waals surface area contributed by atoms with Gasteiger partial charge in [0.15, 0.2) is 5.96 Å². The number of nitrogens with zero attached hydrogens (tertiary/aromatic N) is 2.